The molecular formula is C17H23NO3S2. The van der Waals surface area contributed by atoms with E-state index in [2.05, 4.69) is 25.1 Å². The fraction of sp³-hybridized carbons (Fsp3) is 0.588. The van der Waals surface area contributed by atoms with E-state index in [1.165, 1.54) is 11.1 Å². The molecule has 1 aromatic carbocycles. The molecule has 2 fully saturated rings. The minimum absolute atomic E-state index is 0.0976. The number of aryl methyl sites for hydroxylation is 1. The van der Waals surface area contributed by atoms with E-state index >= 15 is 0 Å². The Morgan fingerprint density at radius 1 is 1.26 bits per heavy atom. The molecule has 1 unspecified atom stereocenters. The Labute approximate surface area is 142 Å². The molecule has 1 aromatic rings. The van der Waals surface area contributed by atoms with Crippen molar-refractivity contribution in [3.8, 4) is 0 Å². The van der Waals surface area contributed by atoms with Crippen molar-refractivity contribution in [1.29, 1.82) is 0 Å². The van der Waals surface area contributed by atoms with Gasteiger partial charge in [0.25, 0.3) is 0 Å². The molecule has 3 rings (SSSR count). The first-order chi connectivity index (χ1) is 10.9. The van der Waals surface area contributed by atoms with Gasteiger partial charge in [-0.05, 0) is 31.7 Å². The van der Waals surface area contributed by atoms with Crippen molar-refractivity contribution in [2.24, 2.45) is 0 Å². The second kappa shape index (κ2) is 6.85. The molecule has 1 heterocycles. The Morgan fingerprint density at radius 2 is 2.04 bits per heavy atom. The monoisotopic (exact) mass is 353 g/mol. The molecule has 126 valence electrons. The number of carbonyl (C=O) groups excluding carboxylic acids is 1. The first kappa shape index (κ1) is 16.8. The zero-order chi connectivity index (χ0) is 16.4. The van der Waals surface area contributed by atoms with Gasteiger partial charge in [0.15, 0.2) is 9.84 Å². The zero-order valence-corrected chi connectivity index (χ0v) is 15.0. The topological polar surface area (TPSA) is 54.5 Å². The Morgan fingerprint density at radius 3 is 2.65 bits per heavy atom. The maximum atomic E-state index is 12.6. The van der Waals surface area contributed by atoms with Crippen LogP contribution in [0.3, 0.4) is 0 Å². The summed E-state index contributed by atoms with van der Waals surface area (Å²) in [7, 11) is -2.95. The van der Waals surface area contributed by atoms with E-state index in [0.29, 0.717) is 12.2 Å². The first-order valence-electron chi connectivity index (χ1n) is 8.09. The third-order valence-electron chi connectivity index (χ3n) is 4.41. The molecule has 1 aliphatic heterocycles. The SMILES string of the molecule is Cc1cccc(CSCC(=O)N(C2CC2)C2CCS(=O)(=O)C2)c1. The summed E-state index contributed by atoms with van der Waals surface area (Å²) in [5.41, 5.74) is 2.45. The maximum absolute atomic E-state index is 12.6. The molecule has 4 nitrogen and oxygen atoms in total. The van der Waals surface area contributed by atoms with Crippen LogP contribution >= 0.6 is 11.8 Å². The van der Waals surface area contributed by atoms with Gasteiger partial charge in [-0.3, -0.25) is 4.79 Å². The lowest BCUT2D eigenvalue weighted by atomic mass is 10.2. The average molecular weight is 354 g/mol. The van der Waals surface area contributed by atoms with Gasteiger partial charge in [0.2, 0.25) is 5.91 Å². The van der Waals surface area contributed by atoms with Crippen LogP contribution in [0.15, 0.2) is 24.3 Å². The van der Waals surface area contributed by atoms with Gasteiger partial charge >= 0.3 is 0 Å². The van der Waals surface area contributed by atoms with Crippen LogP contribution in [-0.4, -0.2) is 48.6 Å². The quantitative estimate of drug-likeness (QED) is 0.788. The smallest absolute Gasteiger partial charge is 0.233 e. The number of rotatable bonds is 6. The van der Waals surface area contributed by atoms with Crippen LogP contribution in [0.2, 0.25) is 0 Å². The van der Waals surface area contributed by atoms with Crippen LogP contribution < -0.4 is 0 Å². The third kappa shape index (κ3) is 4.51. The summed E-state index contributed by atoms with van der Waals surface area (Å²) < 4.78 is 23.4. The molecule has 0 spiro atoms. The van der Waals surface area contributed by atoms with Crippen molar-refractivity contribution in [2.45, 2.75) is 44.0 Å². The summed E-state index contributed by atoms with van der Waals surface area (Å²) in [6, 6.07) is 8.49. The van der Waals surface area contributed by atoms with Gasteiger partial charge in [-0.1, -0.05) is 29.8 Å². The highest BCUT2D eigenvalue weighted by atomic mass is 32.2. The summed E-state index contributed by atoms with van der Waals surface area (Å²) in [6.07, 6.45) is 2.64. The highest BCUT2D eigenvalue weighted by Gasteiger charge is 2.41. The molecule has 0 radical (unpaired) electrons. The molecule has 1 amide bonds. The summed E-state index contributed by atoms with van der Waals surface area (Å²) >= 11 is 1.61. The number of amides is 1. The fourth-order valence-corrected chi connectivity index (χ4v) is 5.74. The van der Waals surface area contributed by atoms with Crippen molar-refractivity contribution < 1.29 is 13.2 Å². The van der Waals surface area contributed by atoms with Crippen LogP contribution in [-0.2, 0) is 20.4 Å². The van der Waals surface area contributed by atoms with Crippen molar-refractivity contribution in [3.05, 3.63) is 35.4 Å². The van der Waals surface area contributed by atoms with Crippen molar-refractivity contribution in [3.63, 3.8) is 0 Å². The molecule has 6 heteroatoms. The minimum atomic E-state index is -2.95. The second-order valence-corrected chi connectivity index (χ2v) is 9.79. The highest BCUT2D eigenvalue weighted by Crippen LogP contribution is 2.33. The molecule has 1 atom stereocenters. The molecule has 1 saturated heterocycles. The van der Waals surface area contributed by atoms with E-state index < -0.39 is 9.84 Å². The van der Waals surface area contributed by atoms with Gasteiger partial charge in [0.05, 0.1) is 17.3 Å². The summed E-state index contributed by atoms with van der Waals surface area (Å²) in [5, 5.41) is 0. The lowest BCUT2D eigenvalue weighted by Crippen LogP contribution is -2.43. The van der Waals surface area contributed by atoms with Crippen LogP contribution in [0, 0.1) is 6.92 Å². The van der Waals surface area contributed by atoms with E-state index in [1.807, 2.05) is 11.0 Å². The van der Waals surface area contributed by atoms with Gasteiger partial charge < -0.3 is 4.90 Å². The molecule has 0 bridgehead atoms. The molecule has 0 aromatic heterocycles. The van der Waals surface area contributed by atoms with Gasteiger partial charge in [-0.15, -0.1) is 11.8 Å². The van der Waals surface area contributed by atoms with Gasteiger partial charge in [0.1, 0.15) is 0 Å². The first-order valence-corrected chi connectivity index (χ1v) is 11.1. The molecule has 1 aliphatic carbocycles. The molecule has 2 aliphatic rings. The number of nitrogens with zero attached hydrogens (tertiary/aromatic N) is 1. The van der Waals surface area contributed by atoms with Gasteiger partial charge in [0, 0.05) is 17.8 Å². The Balaban J connectivity index is 1.55. The lowest BCUT2D eigenvalue weighted by Gasteiger charge is -2.28. The third-order valence-corrected chi connectivity index (χ3v) is 7.15. The van der Waals surface area contributed by atoms with Crippen molar-refractivity contribution >= 4 is 27.5 Å². The van der Waals surface area contributed by atoms with E-state index in [1.54, 1.807) is 11.8 Å². The van der Waals surface area contributed by atoms with Crippen molar-refractivity contribution in [2.75, 3.05) is 17.3 Å². The van der Waals surface area contributed by atoms with E-state index in [-0.39, 0.29) is 29.5 Å². The molecule has 23 heavy (non-hydrogen) atoms. The zero-order valence-electron chi connectivity index (χ0n) is 13.4. The van der Waals surface area contributed by atoms with Gasteiger partial charge in [-0.25, -0.2) is 8.42 Å². The number of thioether (sulfide) groups is 1. The number of hydrogen-bond donors (Lipinski definition) is 0. The molecule has 0 N–H and O–H groups in total. The second-order valence-electron chi connectivity index (χ2n) is 6.57. The molecular weight excluding hydrogens is 330 g/mol. The van der Waals surface area contributed by atoms with E-state index in [0.717, 1.165) is 18.6 Å². The van der Waals surface area contributed by atoms with E-state index in [9.17, 15) is 13.2 Å². The summed E-state index contributed by atoms with van der Waals surface area (Å²) in [5.74, 6) is 1.73. The fourth-order valence-electron chi connectivity index (χ4n) is 3.19. The van der Waals surface area contributed by atoms with Crippen LogP contribution in [0.5, 0.6) is 0 Å². The number of hydrogen-bond acceptors (Lipinski definition) is 4. The lowest BCUT2D eigenvalue weighted by molar-refractivity contribution is -0.130. The largest absolute Gasteiger partial charge is 0.335 e. The van der Waals surface area contributed by atoms with Crippen LogP contribution in [0.25, 0.3) is 0 Å². The normalized spacial score (nSPS) is 22.9. The Hall–Kier alpha value is -1.01. The van der Waals surface area contributed by atoms with Crippen LogP contribution in [0.1, 0.15) is 30.4 Å². The predicted octanol–water partition coefficient (Wildman–Crippen LogP) is 2.41. The predicted molar refractivity (Wildman–Crippen MR) is 94.3 cm³/mol. The number of benzene rings is 1. The minimum Gasteiger partial charge on any atom is -0.335 e. The van der Waals surface area contributed by atoms with E-state index in [4.69, 9.17) is 0 Å². The molecule has 1 saturated carbocycles. The van der Waals surface area contributed by atoms with Crippen LogP contribution in [0.4, 0.5) is 0 Å². The number of sulfone groups is 1. The Bertz CT molecular complexity index is 683. The highest BCUT2D eigenvalue weighted by molar-refractivity contribution is 7.99. The summed E-state index contributed by atoms with van der Waals surface area (Å²) in [6.45, 7) is 2.06. The summed E-state index contributed by atoms with van der Waals surface area (Å²) in [4.78, 5) is 14.5. The van der Waals surface area contributed by atoms with Gasteiger partial charge in [-0.2, -0.15) is 0 Å². The number of carbonyl (C=O) groups is 1. The van der Waals surface area contributed by atoms with Crippen molar-refractivity contribution in [1.82, 2.24) is 4.90 Å². The average Bonchev–Trinajstić information content (AvgIpc) is 3.23. The maximum Gasteiger partial charge on any atom is 0.233 e. The standard InChI is InChI=1S/C17H23NO3S2/c1-13-3-2-4-14(9-13)10-22-11-17(19)18(15-5-6-15)16-7-8-23(20,21)12-16/h2-4,9,15-16H,5-8,10-12H2,1H3. The Kier molecular flexibility index (Phi) is 5.01.